The van der Waals surface area contributed by atoms with Crippen LogP contribution in [0.4, 0.5) is 0 Å². The van der Waals surface area contributed by atoms with E-state index in [0.29, 0.717) is 11.3 Å². The van der Waals surface area contributed by atoms with Crippen molar-refractivity contribution in [1.82, 2.24) is 0 Å². The summed E-state index contributed by atoms with van der Waals surface area (Å²) < 4.78 is 5.88. The highest BCUT2D eigenvalue weighted by Crippen LogP contribution is 2.23. The number of benzene rings is 1. The second-order valence-corrected chi connectivity index (χ2v) is 3.80. The van der Waals surface area contributed by atoms with Crippen LogP contribution in [-0.2, 0) is 9.59 Å². The van der Waals surface area contributed by atoms with Crippen molar-refractivity contribution in [3.05, 3.63) is 34.3 Å². The molecule has 0 atom stereocenters. The molecule has 0 amide bonds. The second kappa shape index (κ2) is 5.46. The van der Waals surface area contributed by atoms with Gasteiger partial charge in [0.05, 0.1) is 7.11 Å². The molecule has 0 fully saturated rings. The normalized spacial score (nSPS) is 10.4. The van der Waals surface area contributed by atoms with E-state index in [1.807, 2.05) is 0 Å². The van der Waals surface area contributed by atoms with Crippen LogP contribution in [-0.4, -0.2) is 24.0 Å². The minimum absolute atomic E-state index is 0.567. The zero-order chi connectivity index (χ0) is 12.1. The van der Waals surface area contributed by atoms with Gasteiger partial charge >= 0.3 is 5.97 Å². The third-order valence-electron chi connectivity index (χ3n) is 1.82. The van der Waals surface area contributed by atoms with E-state index in [2.05, 4.69) is 15.9 Å². The van der Waals surface area contributed by atoms with Gasteiger partial charge in [0.25, 0.3) is 5.78 Å². The van der Waals surface area contributed by atoms with Gasteiger partial charge in [0.1, 0.15) is 5.75 Å². The fraction of sp³-hybridized carbons (Fsp3) is 0.0909. The van der Waals surface area contributed by atoms with Gasteiger partial charge in [0.15, 0.2) is 0 Å². The molecule has 84 valence electrons. The molecule has 0 aromatic heterocycles. The Morgan fingerprint density at radius 1 is 1.44 bits per heavy atom. The lowest BCUT2D eigenvalue weighted by Crippen LogP contribution is -2.08. The van der Waals surface area contributed by atoms with Gasteiger partial charge in [0, 0.05) is 10.0 Å². The highest BCUT2D eigenvalue weighted by Gasteiger charge is 2.07. The lowest BCUT2D eigenvalue weighted by Gasteiger charge is -2.04. The molecule has 0 bridgehead atoms. The van der Waals surface area contributed by atoms with Crippen LogP contribution in [0, 0.1) is 0 Å². The molecule has 1 aromatic rings. The highest BCUT2D eigenvalue weighted by atomic mass is 79.9. The third-order valence-corrected chi connectivity index (χ3v) is 2.31. The van der Waals surface area contributed by atoms with Crippen LogP contribution in [0.25, 0.3) is 6.08 Å². The molecule has 0 aliphatic carbocycles. The molecule has 0 saturated heterocycles. The minimum atomic E-state index is -1.48. The van der Waals surface area contributed by atoms with Crippen molar-refractivity contribution in [1.29, 1.82) is 0 Å². The zero-order valence-corrected chi connectivity index (χ0v) is 10.0. The van der Waals surface area contributed by atoms with Crippen LogP contribution in [0.1, 0.15) is 5.56 Å². The number of methoxy groups -OCH3 is 1. The Morgan fingerprint density at radius 2 is 2.12 bits per heavy atom. The largest absolute Gasteiger partial charge is 0.496 e. The monoisotopic (exact) mass is 284 g/mol. The summed E-state index contributed by atoms with van der Waals surface area (Å²) in [4.78, 5) is 21.2. The molecule has 1 N–H and O–H groups in total. The number of carboxylic acid groups (broad SMARTS) is 1. The SMILES string of the molecule is COc1ccc(Br)cc1/C=C/C(=O)C(=O)O. The van der Waals surface area contributed by atoms with Gasteiger partial charge in [-0.1, -0.05) is 15.9 Å². The van der Waals surface area contributed by atoms with E-state index in [4.69, 9.17) is 9.84 Å². The van der Waals surface area contributed by atoms with Gasteiger partial charge in [-0.2, -0.15) is 0 Å². The van der Waals surface area contributed by atoms with E-state index in [1.54, 1.807) is 18.2 Å². The first-order valence-electron chi connectivity index (χ1n) is 4.33. The topological polar surface area (TPSA) is 63.6 Å². The Kier molecular flexibility index (Phi) is 4.25. The molecule has 0 aliphatic heterocycles. The van der Waals surface area contributed by atoms with E-state index in [0.717, 1.165) is 10.5 Å². The number of carbonyl (C=O) groups is 2. The van der Waals surface area contributed by atoms with Crippen LogP contribution in [0.2, 0.25) is 0 Å². The average Bonchev–Trinajstić information content (AvgIpc) is 2.25. The number of ketones is 1. The molecule has 0 aliphatic rings. The fourth-order valence-electron chi connectivity index (χ4n) is 1.07. The van der Waals surface area contributed by atoms with E-state index >= 15 is 0 Å². The predicted molar refractivity (Wildman–Crippen MR) is 62.4 cm³/mol. The molecule has 0 radical (unpaired) electrons. The van der Waals surface area contributed by atoms with Gasteiger partial charge < -0.3 is 9.84 Å². The van der Waals surface area contributed by atoms with Gasteiger partial charge in [-0.05, 0) is 30.4 Å². The maximum Gasteiger partial charge on any atom is 0.376 e. The highest BCUT2D eigenvalue weighted by molar-refractivity contribution is 9.10. The standard InChI is InChI=1S/C11H9BrO4/c1-16-10-5-3-8(12)6-7(10)2-4-9(13)11(14)15/h2-6H,1H3,(H,14,15)/b4-2+. The first-order chi connectivity index (χ1) is 7.54. The van der Waals surface area contributed by atoms with E-state index < -0.39 is 11.8 Å². The average molecular weight is 285 g/mol. The number of halogens is 1. The number of ether oxygens (including phenoxy) is 1. The number of carbonyl (C=O) groups excluding carboxylic acids is 1. The van der Waals surface area contributed by atoms with E-state index in [1.165, 1.54) is 13.2 Å². The first-order valence-corrected chi connectivity index (χ1v) is 5.12. The summed E-state index contributed by atoms with van der Waals surface area (Å²) in [5.74, 6) is -1.88. The lowest BCUT2D eigenvalue weighted by atomic mass is 10.1. The maximum atomic E-state index is 10.9. The van der Waals surface area contributed by atoms with Crippen LogP contribution in [0.15, 0.2) is 28.7 Å². The summed E-state index contributed by atoms with van der Waals surface area (Å²) in [6.07, 6.45) is 2.40. The summed E-state index contributed by atoms with van der Waals surface area (Å²) in [7, 11) is 1.50. The summed E-state index contributed by atoms with van der Waals surface area (Å²) in [5.41, 5.74) is 0.631. The van der Waals surface area contributed by atoms with Crippen molar-refractivity contribution < 1.29 is 19.4 Å². The number of carboxylic acids is 1. The zero-order valence-electron chi connectivity index (χ0n) is 8.44. The third kappa shape index (κ3) is 3.20. The second-order valence-electron chi connectivity index (χ2n) is 2.89. The predicted octanol–water partition coefficient (Wildman–Crippen LogP) is 2.12. The van der Waals surface area contributed by atoms with Crippen LogP contribution in [0.5, 0.6) is 5.75 Å². The molecule has 16 heavy (non-hydrogen) atoms. The Balaban J connectivity index is 2.99. The Bertz CT molecular complexity index is 451. The number of hydrogen-bond acceptors (Lipinski definition) is 3. The summed E-state index contributed by atoms with van der Waals surface area (Å²) >= 11 is 3.27. The first kappa shape index (κ1) is 12.4. The minimum Gasteiger partial charge on any atom is -0.496 e. The van der Waals surface area contributed by atoms with Gasteiger partial charge in [-0.3, -0.25) is 4.79 Å². The number of aliphatic carboxylic acids is 1. The Labute approximate surface area is 101 Å². The van der Waals surface area contributed by atoms with Crippen molar-refractivity contribution in [2.24, 2.45) is 0 Å². The molecular formula is C11H9BrO4. The summed E-state index contributed by atoms with van der Waals surface area (Å²) in [5, 5.41) is 8.40. The quantitative estimate of drug-likeness (QED) is 0.680. The number of rotatable bonds is 4. The van der Waals surface area contributed by atoms with E-state index in [9.17, 15) is 9.59 Å². The van der Waals surface area contributed by atoms with Crippen molar-refractivity contribution in [2.45, 2.75) is 0 Å². The van der Waals surface area contributed by atoms with Crippen molar-refractivity contribution in [2.75, 3.05) is 7.11 Å². The summed E-state index contributed by atoms with van der Waals surface area (Å²) in [6, 6.07) is 5.23. The molecule has 1 aromatic carbocycles. The van der Waals surface area contributed by atoms with Gasteiger partial charge in [-0.25, -0.2) is 4.79 Å². The molecule has 5 heteroatoms. The Hall–Kier alpha value is -1.62. The van der Waals surface area contributed by atoms with Crippen molar-refractivity contribution in [3.63, 3.8) is 0 Å². The van der Waals surface area contributed by atoms with Crippen molar-refractivity contribution in [3.8, 4) is 5.75 Å². The molecule has 1 rings (SSSR count). The smallest absolute Gasteiger partial charge is 0.376 e. The summed E-state index contributed by atoms with van der Waals surface area (Å²) in [6.45, 7) is 0. The fourth-order valence-corrected chi connectivity index (χ4v) is 1.45. The molecule has 0 heterocycles. The molecular weight excluding hydrogens is 276 g/mol. The number of hydrogen-bond donors (Lipinski definition) is 1. The van der Waals surface area contributed by atoms with Crippen LogP contribution in [0.3, 0.4) is 0 Å². The molecule has 0 unspecified atom stereocenters. The van der Waals surface area contributed by atoms with Crippen LogP contribution >= 0.6 is 15.9 Å². The van der Waals surface area contributed by atoms with Crippen molar-refractivity contribution >= 4 is 33.8 Å². The van der Waals surface area contributed by atoms with Gasteiger partial charge in [0.2, 0.25) is 0 Å². The molecule has 0 spiro atoms. The molecule has 4 nitrogen and oxygen atoms in total. The Morgan fingerprint density at radius 3 is 2.69 bits per heavy atom. The van der Waals surface area contributed by atoms with Crippen LogP contribution < -0.4 is 4.74 Å². The lowest BCUT2D eigenvalue weighted by molar-refractivity contribution is -0.146. The molecule has 0 saturated carbocycles. The maximum absolute atomic E-state index is 10.9. The van der Waals surface area contributed by atoms with Gasteiger partial charge in [-0.15, -0.1) is 0 Å². The van der Waals surface area contributed by atoms with E-state index in [-0.39, 0.29) is 0 Å².